The molecule has 13 heavy (non-hydrogen) atoms. The zero-order chi connectivity index (χ0) is 9.73. The van der Waals surface area contributed by atoms with E-state index in [1.54, 1.807) is 11.8 Å². The summed E-state index contributed by atoms with van der Waals surface area (Å²) in [5.41, 5.74) is 0. The Kier molecular flexibility index (Phi) is 3.81. The van der Waals surface area contributed by atoms with Gasteiger partial charge in [-0.05, 0) is 12.1 Å². The maximum Gasteiger partial charge on any atom is 0.148 e. The highest BCUT2D eigenvalue weighted by Crippen LogP contribution is 2.16. The van der Waals surface area contributed by atoms with Gasteiger partial charge >= 0.3 is 0 Å². The first kappa shape index (κ1) is 10.6. The van der Waals surface area contributed by atoms with Crippen molar-refractivity contribution in [2.75, 3.05) is 17.8 Å². The molecule has 0 fully saturated rings. The SMILES string of the molecule is CS(=O)(=O)CCSc1ccccc1. The van der Waals surface area contributed by atoms with Crippen LogP contribution in [-0.2, 0) is 9.84 Å². The van der Waals surface area contributed by atoms with Crippen molar-refractivity contribution in [1.82, 2.24) is 0 Å². The third kappa shape index (κ3) is 4.95. The maximum absolute atomic E-state index is 10.8. The van der Waals surface area contributed by atoms with Crippen molar-refractivity contribution in [2.24, 2.45) is 0 Å². The Morgan fingerprint density at radius 2 is 1.85 bits per heavy atom. The summed E-state index contributed by atoms with van der Waals surface area (Å²) in [6, 6.07) is 9.80. The molecular weight excluding hydrogens is 204 g/mol. The van der Waals surface area contributed by atoms with Gasteiger partial charge in [-0.15, -0.1) is 11.8 Å². The average molecular weight is 216 g/mol. The fourth-order valence-electron chi connectivity index (χ4n) is 0.828. The zero-order valence-corrected chi connectivity index (χ0v) is 9.07. The molecule has 2 nitrogen and oxygen atoms in total. The number of benzene rings is 1. The number of hydrogen-bond donors (Lipinski definition) is 0. The molecule has 0 bridgehead atoms. The smallest absolute Gasteiger partial charge is 0.148 e. The summed E-state index contributed by atoms with van der Waals surface area (Å²) in [5.74, 6) is 0.870. The largest absolute Gasteiger partial charge is 0.229 e. The molecule has 1 aromatic carbocycles. The lowest BCUT2D eigenvalue weighted by molar-refractivity contribution is 0.603. The molecule has 0 atom stereocenters. The van der Waals surface area contributed by atoms with E-state index in [0.29, 0.717) is 5.75 Å². The lowest BCUT2D eigenvalue weighted by Gasteiger charge is -1.99. The zero-order valence-electron chi connectivity index (χ0n) is 7.43. The Morgan fingerprint density at radius 1 is 1.23 bits per heavy atom. The summed E-state index contributed by atoms with van der Waals surface area (Å²) in [7, 11) is -2.82. The topological polar surface area (TPSA) is 34.1 Å². The third-order valence-corrected chi connectivity index (χ3v) is 3.68. The molecule has 0 unspecified atom stereocenters. The molecule has 0 amide bonds. The van der Waals surface area contributed by atoms with Crippen LogP contribution < -0.4 is 0 Å². The first-order chi connectivity index (χ1) is 6.08. The van der Waals surface area contributed by atoms with E-state index < -0.39 is 9.84 Å². The Labute approximate surface area is 83.3 Å². The van der Waals surface area contributed by atoms with Gasteiger partial charge in [0.1, 0.15) is 9.84 Å². The van der Waals surface area contributed by atoms with Gasteiger partial charge in [0, 0.05) is 16.9 Å². The minimum atomic E-state index is -2.82. The van der Waals surface area contributed by atoms with Gasteiger partial charge in [-0.2, -0.15) is 0 Å². The fourth-order valence-corrected chi connectivity index (χ4v) is 2.96. The summed E-state index contributed by atoms with van der Waals surface area (Å²) in [6.07, 6.45) is 1.26. The summed E-state index contributed by atoms with van der Waals surface area (Å²) in [5, 5.41) is 0. The molecule has 1 aromatic rings. The van der Waals surface area contributed by atoms with E-state index in [1.807, 2.05) is 30.3 Å². The van der Waals surface area contributed by atoms with Crippen LogP contribution >= 0.6 is 11.8 Å². The van der Waals surface area contributed by atoms with Crippen LogP contribution in [0.1, 0.15) is 0 Å². The number of sulfone groups is 1. The second kappa shape index (κ2) is 4.67. The van der Waals surface area contributed by atoms with Crippen molar-refractivity contribution in [3.05, 3.63) is 30.3 Å². The fraction of sp³-hybridized carbons (Fsp3) is 0.333. The van der Waals surface area contributed by atoms with Crippen LogP contribution in [0.4, 0.5) is 0 Å². The molecule has 0 aliphatic carbocycles. The van der Waals surface area contributed by atoms with Gasteiger partial charge in [0.05, 0.1) is 5.75 Å². The van der Waals surface area contributed by atoms with Gasteiger partial charge < -0.3 is 0 Å². The first-order valence-corrected chi connectivity index (χ1v) is 6.98. The Balaban J connectivity index is 2.37. The average Bonchev–Trinajstić information content (AvgIpc) is 2.04. The van der Waals surface area contributed by atoms with Crippen LogP contribution in [-0.4, -0.2) is 26.2 Å². The third-order valence-electron chi connectivity index (χ3n) is 1.47. The molecule has 0 aliphatic heterocycles. The molecule has 0 heterocycles. The van der Waals surface area contributed by atoms with E-state index in [2.05, 4.69) is 0 Å². The molecule has 0 N–H and O–H groups in total. The van der Waals surface area contributed by atoms with E-state index >= 15 is 0 Å². The highest BCUT2D eigenvalue weighted by molar-refractivity contribution is 8.00. The van der Waals surface area contributed by atoms with Crippen LogP contribution in [0.3, 0.4) is 0 Å². The predicted octanol–water partition coefficient (Wildman–Crippen LogP) is 1.82. The normalized spacial score (nSPS) is 11.5. The van der Waals surface area contributed by atoms with Gasteiger partial charge in [0.2, 0.25) is 0 Å². The van der Waals surface area contributed by atoms with Crippen LogP contribution in [0, 0.1) is 0 Å². The summed E-state index contributed by atoms with van der Waals surface area (Å²) >= 11 is 1.57. The van der Waals surface area contributed by atoms with Crippen LogP contribution in [0.2, 0.25) is 0 Å². The number of rotatable bonds is 4. The second-order valence-corrected chi connectivity index (χ2v) is 6.22. The number of thioether (sulfide) groups is 1. The molecule has 0 radical (unpaired) electrons. The van der Waals surface area contributed by atoms with Crippen LogP contribution in [0.25, 0.3) is 0 Å². The molecule has 0 spiro atoms. The summed E-state index contributed by atoms with van der Waals surface area (Å²) in [4.78, 5) is 1.12. The molecule has 4 heteroatoms. The highest BCUT2D eigenvalue weighted by atomic mass is 32.2. The molecule has 0 aromatic heterocycles. The Hall–Kier alpha value is -0.480. The lowest BCUT2D eigenvalue weighted by Crippen LogP contribution is -2.04. The van der Waals surface area contributed by atoms with Gasteiger partial charge in [-0.25, -0.2) is 8.42 Å². The standard InChI is InChI=1S/C9H12O2S2/c1-13(10,11)8-7-12-9-5-3-2-4-6-9/h2-6H,7-8H2,1H3. The van der Waals surface area contributed by atoms with E-state index in [1.165, 1.54) is 6.26 Å². The lowest BCUT2D eigenvalue weighted by atomic mass is 10.4. The van der Waals surface area contributed by atoms with Gasteiger partial charge in [-0.1, -0.05) is 18.2 Å². The molecule has 0 saturated heterocycles. The van der Waals surface area contributed by atoms with Crippen molar-refractivity contribution in [3.8, 4) is 0 Å². The van der Waals surface area contributed by atoms with Crippen molar-refractivity contribution >= 4 is 21.6 Å². The minimum absolute atomic E-state index is 0.243. The molecular formula is C9H12O2S2. The van der Waals surface area contributed by atoms with Crippen LogP contribution in [0.15, 0.2) is 35.2 Å². The second-order valence-electron chi connectivity index (χ2n) is 2.79. The van der Waals surface area contributed by atoms with Gasteiger partial charge in [-0.3, -0.25) is 0 Å². The maximum atomic E-state index is 10.8. The highest BCUT2D eigenvalue weighted by Gasteiger charge is 2.01. The monoisotopic (exact) mass is 216 g/mol. The summed E-state index contributed by atoms with van der Waals surface area (Å²) in [6.45, 7) is 0. The molecule has 0 aliphatic rings. The van der Waals surface area contributed by atoms with Crippen LogP contribution in [0.5, 0.6) is 0 Å². The van der Waals surface area contributed by atoms with Crippen molar-refractivity contribution in [3.63, 3.8) is 0 Å². The van der Waals surface area contributed by atoms with Crippen molar-refractivity contribution in [2.45, 2.75) is 4.90 Å². The number of hydrogen-bond acceptors (Lipinski definition) is 3. The van der Waals surface area contributed by atoms with Crippen molar-refractivity contribution in [1.29, 1.82) is 0 Å². The first-order valence-electron chi connectivity index (χ1n) is 3.93. The Morgan fingerprint density at radius 3 is 2.38 bits per heavy atom. The van der Waals surface area contributed by atoms with Gasteiger partial charge in [0.15, 0.2) is 0 Å². The molecule has 0 saturated carbocycles. The van der Waals surface area contributed by atoms with Gasteiger partial charge in [0.25, 0.3) is 0 Å². The molecule has 72 valence electrons. The predicted molar refractivity (Wildman–Crippen MR) is 56.9 cm³/mol. The van der Waals surface area contributed by atoms with E-state index in [9.17, 15) is 8.42 Å². The van der Waals surface area contributed by atoms with E-state index in [-0.39, 0.29) is 5.75 Å². The van der Waals surface area contributed by atoms with Crippen molar-refractivity contribution < 1.29 is 8.42 Å². The molecule has 1 rings (SSSR count). The van der Waals surface area contributed by atoms with E-state index in [4.69, 9.17) is 0 Å². The Bertz CT molecular complexity index is 343. The summed E-state index contributed by atoms with van der Waals surface area (Å²) < 4.78 is 21.6. The minimum Gasteiger partial charge on any atom is -0.229 e. The van der Waals surface area contributed by atoms with E-state index in [0.717, 1.165) is 4.90 Å². The quantitative estimate of drug-likeness (QED) is 0.720.